The summed E-state index contributed by atoms with van der Waals surface area (Å²) < 4.78 is 2.12. The molecular formula is C16H16ClN5. The Morgan fingerprint density at radius 3 is 2.86 bits per heavy atom. The van der Waals surface area contributed by atoms with Crippen LogP contribution in [0.4, 0.5) is 5.82 Å². The molecule has 3 aromatic rings. The van der Waals surface area contributed by atoms with Gasteiger partial charge in [0.1, 0.15) is 16.8 Å². The molecule has 5 nitrogen and oxygen atoms in total. The molecule has 2 heterocycles. The number of hydrogen-bond donors (Lipinski definition) is 1. The summed E-state index contributed by atoms with van der Waals surface area (Å²) in [5, 5.41) is 3.61. The second-order valence-electron chi connectivity index (χ2n) is 5.00. The summed E-state index contributed by atoms with van der Waals surface area (Å²) in [4.78, 5) is 12.4. The molecule has 22 heavy (non-hydrogen) atoms. The first-order valence-corrected chi connectivity index (χ1v) is 7.35. The third-order valence-corrected chi connectivity index (χ3v) is 3.53. The van der Waals surface area contributed by atoms with Gasteiger partial charge in [-0.25, -0.2) is 9.97 Å². The first-order valence-electron chi connectivity index (χ1n) is 6.98. The quantitative estimate of drug-likeness (QED) is 0.785. The topological polar surface area (TPSA) is 55.6 Å². The maximum absolute atomic E-state index is 5.82. The molecule has 0 unspecified atom stereocenters. The molecule has 3 rings (SSSR count). The number of nitrogens with one attached hydrogen (secondary N) is 1. The average molecular weight is 314 g/mol. The highest BCUT2D eigenvalue weighted by molar-refractivity contribution is 6.29. The number of aryl methyl sites for hydroxylation is 1. The van der Waals surface area contributed by atoms with Gasteiger partial charge in [-0.1, -0.05) is 35.9 Å². The lowest BCUT2D eigenvalue weighted by atomic mass is 10.1. The Bertz CT molecular complexity index is 768. The van der Waals surface area contributed by atoms with Crippen molar-refractivity contribution in [2.24, 2.45) is 0 Å². The van der Waals surface area contributed by atoms with Crippen molar-refractivity contribution in [3.8, 4) is 0 Å². The van der Waals surface area contributed by atoms with E-state index in [9.17, 15) is 0 Å². The third kappa shape index (κ3) is 3.62. The van der Waals surface area contributed by atoms with Crippen LogP contribution in [0.1, 0.15) is 17.0 Å². The van der Waals surface area contributed by atoms with Crippen LogP contribution in [0.2, 0.25) is 5.15 Å². The fraction of sp³-hybridized carbons (Fsp3) is 0.188. The minimum atomic E-state index is 0.384. The molecule has 0 fully saturated rings. The summed E-state index contributed by atoms with van der Waals surface area (Å²) in [5.74, 6) is 1.68. The Morgan fingerprint density at radius 1 is 1.23 bits per heavy atom. The molecule has 0 aliphatic carbocycles. The summed E-state index contributed by atoms with van der Waals surface area (Å²) in [5.41, 5.74) is 2.41. The predicted octanol–water partition coefficient (Wildman–Crippen LogP) is 3.30. The maximum Gasteiger partial charge on any atom is 0.149 e. The Kier molecular flexibility index (Phi) is 4.34. The van der Waals surface area contributed by atoms with E-state index in [0.717, 1.165) is 12.4 Å². The maximum atomic E-state index is 5.82. The monoisotopic (exact) mass is 313 g/mol. The van der Waals surface area contributed by atoms with Gasteiger partial charge in [0.05, 0.1) is 12.4 Å². The van der Waals surface area contributed by atoms with Crippen LogP contribution in [0, 0.1) is 6.92 Å². The van der Waals surface area contributed by atoms with E-state index in [1.54, 1.807) is 6.20 Å². The highest BCUT2D eigenvalue weighted by Gasteiger charge is 2.01. The molecule has 0 bridgehead atoms. The van der Waals surface area contributed by atoms with E-state index in [1.807, 2.05) is 19.3 Å². The van der Waals surface area contributed by atoms with Gasteiger partial charge in [-0.2, -0.15) is 0 Å². The van der Waals surface area contributed by atoms with Gasteiger partial charge >= 0.3 is 0 Å². The molecule has 0 spiro atoms. The van der Waals surface area contributed by atoms with Gasteiger partial charge in [-0.15, -0.1) is 0 Å². The van der Waals surface area contributed by atoms with Gasteiger partial charge in [-0.3, -0.25) is 4.98 Å². The predicted molar refractivity (Wildman–Crippen MR) is 86.9 cm³/mol. The average Bonchev–Trinajstić information content (AvgIpc) is 2.91. The van der Waals surface area contributed by atoms with Crippen molar-refractivity contribution in [2.45, 2.75) is 20.0 Å². The molecular weight excluding hydrogens is 298 g/mol. The SMILES string of the molecule is Cc1nccn1Cc1cccc(CNc2cncc(Cl)n2)c1. The minimum absolute atomic E-state index is 0.384. The van der Waals surface area contributed by atoms with E-state index in [0.29, 0.717) is 17.5 Å². The van der Waals surface area contributed by atoms with Crippen molar-refractivity contribution < 1.29 is 0 Å². The first kappa shape index (κ1) is 14.5. The molecule has 0 amide bonds. The molecule has 6 heteroatoms. The number of hydrogen-bond acceptors (Lipinski definition) is 4. The molecule has 1 N–H and O–H groups in total. The standard InChI is InChI=1S/C16H16ClN5/c1-12-19-5-6-22(12)11-14-4-2-3-13(7-14)8-20-16-10-18-9-15(17)21-16/h2-7,9-10H,8,11H2,1H3,(H,20,21). The van der Waals surface area contributed by atoms with Gasteiger partial charge in [0.15, 0.2) is 0 Å². The van der Waals surface area contributed by atoms with Crippen molar-refractivity contribution in [1.82, 2.24) is 19.5 Å². The van der Waals surface area contributed by atoms with Crippen molar-refractivity contribution >= 4 is 17.4 Å². The van der Waals surface area contributed by atoms with Crippen LogP contribution in [0.5, 0.6) is 0 Å². The van der Waals surface area contributed by atoms with Gasteiger partial charge in [0.25, 0.3) is 0 Å². The molecule has 0 aliphatic rings. The van der Waals surface area contributed by atoms with Crippen LogP contribution in [0.15, 0.2) is 49.1 Å². The number of aromatic nitrogens is 4. The van der Waals surface area contributed by atoms with E-state index in [2.05, 4.69) is 49.1 Å². The normalized spacial score (nSPS) is 10.6. The van der Waals surface area contributed by atoms with E-state index in [4.69, 9.17) is 11.6 Å². The van der Waals surface area contributed by atoms with Crippen LogP contribution >= 0.6 is 11.6 Å². The summed E-state index contributed by atoms with van der Waals surface area (Å²) in [7, 11) is 0. The Balaban J connectivity index is 1.67. The lowest BCUT2D eigenvalue weighted by molar-refractivity contribution is 0.760. The summed E-state index contributed by atoms with van der Waals surface area (Å²) in [6.07, 6.45) is 6.98. The number of anilines is 1. The van der Waals surface area contributed by atoms with Gasteiger partial charge in [-0.05, 0) is 18.1 Å². The van der Waals surface area contributed by atoms with E-state index < -0.39 is 0 Å². The number of nitrogens with zero attached hydrogens (tertiary/aromatic N) is 4. The summed E-state index contributed by atoms with van der Waals surface area (Å²) >= 11 is 5.82. The van der Waals surface area contributed by atoms with Crippen molar-refractivity contribution in [3.63, 3.8) is 0 Å². The summed E-state index contributed by atoms with van der Waals surface area (Å²) in [6.45, 7) is 3.49. The fourth-order valence-corrected chi connectivity index (χ4v) is 2.37. The Labute approximate surface area is 134 Å². The lowest BCUT2D eigenvalue weighted by Crippen LogP contribution is -2.04. The molecule has 0 radical (unpaired) electrons. The highest BCUT2D eigenvalue weighted by Crippen LogP contribution is 2.12. The first-order chi connectivity index (χ1) is 10.7. The van der Waals surface area contributed by atoms with Crippen LogP contribution in [-0.2, 0) is 13.1 Å². The third-order valence-electron chi connectivity index (χ3n) is 3.35. The molecule has 1 aromatic carbocycles. The minimum Gasteiger partial charge on any atom is -0.365 e. The van der Waals surface area contributed by atoms with Crippen LogP contribution in [-0.4, -0.2) is 19.5 Å². The molecule has 0 atom stereocenters. The number of imidazole rings is 1. The van der Waals surface area contributed by atoms with Gasteiger partial charge in [0.2, 0.25) is 0 Å². The van der Waals surface area contributed by atoms with Crippen molar-refractivity contribution in [3.05, 3.63) is 71.2 Å². The van der Waals surface area contributed by atoms with Gasteiger partial charge in [0, 0.05) is 25.5 Å². The lowest BCUT2D eigenvalue weighted by Gasteiger charge is -2.09. The van der Waals surface area contributed by atoms with E-state index >= 15 is 0 Å². The second kappa shape index (κ2) is 6.58. The van der Waals surface area contributed by atoms with E-state index in [1.165, 1.54) is 17.3 Å². The molecule has 2 aromatic heterocycles. The zero-order valence-electron chi connectivity index (χ0n) is 12.2. The number of benzene rings is 1. The molecule has 112 valence electrons. The molecule has 0 saturated carbocycles. The number of halogens is 1. The zero-order chi connectivity index (χ0) is 15.4. The zero-order valence-corrected chi connectivity index (χ0v) is 13.0. The smallest absolute Gasteiger partial charge is 0.149 e. The summed E-state index contributed by atoms with van der Waals surface area (Å²) in [6, 6.07) is 8.42. The van der Waals surface area contributed by atoms with E-state index in [-0.39, 0.29) is 0 Å². The van der Waals surface area contributed by atoms with Crippen LogP contribution in [0.25, 0.3) is 0 Å². The van der Waals surface area contributed by atoms with Crippen LogP contribution in [0.3, 0.4) is 0 Å². The van der Waals surface area contributed by atoms with Crippen molar-refractivity contribution in [1.29, 1.82) is 0 Å². The molecule has 0 saturated heterocycles. The Hall–Kier alpha value is -2.40. The Morgan fingerprint density at radius 2 is 2.09 bits per heavy atom. The van der Waals surface area contributed by atoms with Crippen LogP contribution < -0.4 is 5.32 Å². The largest absolute Gasteiger partial charge is 0.365 e. The van der Waals surface area contributed by atoms with Gasteiger partial charge < -0.3 is 9.88 Å². The highest BCUT2D eigenvalue weighted by atomic mass is 35.5. The van der Waals surface area contributed by atoms with Crippen molar-refractivity contribution in [2.75, 3.05) is 5.32 Å². The number of rotatable bonds is 5. The fourth-order valence-electron chi connectivity index (χ4n) is 2.23. The molecule has 0 aliphatic heterocycles. The second-order valence-corrected chi connectivity index (χ2v) is 5.39.